The van der Waals surface area contributed by atoms with Gasteiger partial charge in [-0.25, -0.2) is 0 Å². The van der Waals surface area contributed by atoms with E-state index in [2.05, 4.69) is 11.9 Å². The van der Waals surface area contributed by atoms with Gasteiger partial charge < -0.3 is 4.74 Å². The molecule has 1 spiro atoms. The van der Waals surface area contributed by atoms with Crippen LogP contribution >= 0.6 is 0 Å². The van der Waals surface area contributed by atoms with Crippen molar-refractivity contribution < 1.29 is 4.74 Å². The first-order valence-electron chi connectivity index (χ1n) is 5.69. The maximum Gasteiger partial charge on any atom is 0.121 e. The molecule has 0 atom stereocenters. The minimum absolute atomic E-state index is 0.165. The molecule has 1 aliphatic carbocycles. The fourth-order valence-electron chi connectivity index (χ4n) is 2.32. The van der Waals surface area contributed by atoms with Crippen molar-refractivity contribution in [1.82, 2.24) is 4.90 Å². The predicted molar refractivity (Wildman–Crippen MR) is 55.7 cm³/mol. The molecule has 0 amide bonds. The molecule has 1 saturated carbocycles. The molecule has 1 heterocycles. The Morgan fingerprint density at radius 2 is 1.69 bits per heavy atom. The monoisotopic (exact) mass is 185 g/mol. The van der Waals surface area contributed by atoms with Crippen molar-refractivity contribution in [3.05, 3.63) is 0 Å². The Morgan fingerprint density at radius 3 is 2.15 bits per heavy atom. The number of likely N-dealkylation sites (N-methyl/N-ethyl adjacent to an activating group) is 1. The van der Waals surface area contributed by atoms with E-state index in [1.807, 2.05) is 13.8 Å². The molecule has 2 rings (SSSR count). The summed E-state index contributed by atoms with van der Waals surface area (Å²) in [4.78, 5) is 2.40. The summed E-state index contributed by atoms with van der Waals surface area (Å²) in [6.07, 6.45) is 6.61. The summed E-state index contributed by atoms with van der Waals surface area (Å²) < 4.78 is 5.82. The molecule has 0 unspecified atom stereocenters. The van der Waals surface area contributed by atoms with Gasteiger partial charge in [0, 0.05) is 6.54 Å². The quantitative estimate of drug-likeness (QED) is 0.575. The van der Waals surface area contributed by atoms with Gasteiger partial charge in [0.2, 0.25) is 0 Å². The molecular formula is C11H23NO. The molecule has 2 heteroatoms. The van der Waals surface area contributed by atoms with E-state index < -0.39 is 0 Å². The van der Waals surface area contributed by atoms with Crippen LogP contribution in [0.4, 0.5) is 0 Å². The first-order chi connectivity index (χ1) is 6.33. The van der Waals surface area contributed by atoms with Crippen LogP contribution in [0.2, 0.25) is 0 Å². The third-order valence-electron chi connectivity index (χ3n) is 3.13. The fourth-order valence-corrected chi connectivity index (χ4v) is 2.32. The fraction of sp³-hybridized carbons (Fsp3) is 1.00. The summed E-state index contributed by atoms with van der Waals surface area (Å²) in [5, 5.41) is 0. The van der Waals surface area contributed by atoms with E-state index in [4.69, 9.17) is 4.74 Å². The third-order valence-corrected chi connectivity index (χ3v) is 3.13. The lowest BCUT2D eigenvalue weighted by atomic mass is 9.91. The Balaban J connectivity index is 0.000000396. The molecule has 1 saturated heterocycles. The Labute approximate surface area is 82.3 Å². The second kappa shape index (κ2) is 4.97. The molecule has 13 heavy (non-hydrogen) atoms. The van der Waals surface area contributed by atoms with Gasteiger partial charge in [-0.15, -0.1) is 0 Å². The standard InChI is InChI=1S/C9H17NO.C2H6/c1-10-7-8-11-9(10)5-3-2-4-6-9;1-2/h2-8H2,1H3;1-2H3. The largest absolute Gasteiger partial charge is 0.359 e. The van der Waals surface area contributed by atoms with E-state index in [-0.39, 0.29) is 5.72 Å². The lowest BCUT2D eigenvalue weighted by Crippen LogP contribution is -2.43. The number of hydrogen-bond acceptors (Lipinski definition) is 2. The first kappa shape index (κ1) is 11.0. The Hall–Kier alpha value is -0.0800. The van der Waals surface area contributed by atoms with Crippen LogP contribution in [-0.2, 0) is 4.74 Å². The lowest BCUT2D eigenvalue weighted by molar-refractivity contribution is -0.0972. The van der Waals surface area contributed by atoms with Crippen molar-refractivity contribution in [2.75, 3.05) is 20.2 Å². The zero-order valence-electron chi connectivity index (χ0n) is 9.31. The minimum atomic E-state index is 0.165. The number of nitrogens with zero attached hydrogens (tertiary/aromatic N) is 1. The van der Waals surface area contributed by atoms with Crippen LogP contribution in [-0.4, -0.2) is 30.8 Å². The molecule has 0 N–H and O–H groups in total. The average Bonchev–Trinajstić information content (AvgIpc) is 2.53. The van der Waals surface area contributed by atoms with Crippen molar-refractivity contribution in [3.63, 3.8) is 0 Å². The van der Waals surface area contributed by atoms with Gasteiger partial charge in [-0.3, -0.25) is 4.90 Å². The zero-order valence-corrected chi connectivity index (χ0v) is 9.31. The van der Waals surface area contributed by atoms with Crippen LogP contribution in [0.3, 0.4) is 0 Å². The summed E-state index contributed by atoms with van der Waals surface area (Å²) in [5.74, 6) is 0. The predicted octanol–water partition coefficient (Wildman–Crippen LogP) is 2.64. The van der Waals surface area contributed by atoms with E-state index in [0.29, 0.717) is 0 Å². The second-order valence-electron chi connectivity index (χ2n) is 3.78. The Bertz CT molecular complexity index is 141. The van der Waals surface area contributed by atoms with E-state index in [0.717, 1.165) is 13.2 Å². The van der Waals surface area contributed by atoms with Crippen LogP contribution < -0.4 is 0 Å². The molecular weight excluding hydrogens is 162 g/mol. The van der Waals surface area contributed by atoms with E-state index >= 15 is 0 Å². The van der Waals surface area contributed by atoms with Gasteiger partial charge in [0.05, 0.1) is 6.61 Å². The van der Waals surface area contributed by atoms with Crippen LogP contribution in [0.15, 0.2) is 0 Å². The molecule has 2 nitrogen and oxygen atoms in total. The molecule has 0 aromatic heterocycles. The van der Waals surface area contributed by atoms with Crippen LogP contribution in [0.25, 0.3) is 0 Å². The van der Waals surface area contributed by atoms with E-state index in [9.17, 15) is 0 Å². The van der Waals surface area contributed by atoms with Crippen molar-refractivity contribution in [2.45, 2.75) is 51.7 Å². The summed E-state index contributed by atoms with van der Waals surface area (Å²) in [5.41, 5.74) is 0.165. The number of ether oxygens (including phenoxy) is 1. The summed E-state index contributed by atoms with van der Waals surface area (Å²) in [6.45, 7) is 6.07. The molecule has 78 valence electrons. The molecule has 0 radical (unpaired) electrons. The highest BCUT2D eigenvalue weighted by Crippen LogP contribution is 2.36. The summed E-state index contributed by atoms with van der Waals surface area (Å²) >= 11 is 0. The molecule has 0 bridgehead atoms. The van der Waals surface area contributed by atoms with Crippen molar-refractivity contribution >= 4 is 0 Å². The van der Waals surface area contributed by atoms with Gasteiger partial charge in [0.25, 0.3) is 0 Å². The van der Waals surface area contributed by atoms with Crippen LogP contribution in [0.1, 0.15) is 46.0 Å². The van der Waals surface area contributed by atoms with Gasteiger partial charge >= 0.3 is 0 Å². The van der Waals surface area contributed by atoms with Gasteiger partial charge in [-0.05, 0) is 32.7 Å². The highest BCUT2D eigenvalue weighted by molar-refractivity contribution is 4.86. The summed E-state index contributed by atoms with van der Waals surface area (Å²) in [7, 11) is 2.19. The Morgan fingerprint density at radius 1 is 1.08 bits per heavy atom. The molecule has 1 aliphatic heterocycles. The first-order valence-corrected chi connectivity index (χ1v) is 5.69. The maximum atomic E-state index is 5.82. The third kappa shape index (κ3) is 2.23. The smallest absolute Gasteiger partial charge is 0.121 e. The average molecular weight is 185 g/mol. The molecule has 2 aliphatic rings. The maximum absolute atomic E-state index is 5.82. The Kier molecular flexibility index (Phi) is 4.20. The molecule has 0 aromatic carbocycles. The van der Waals surface area contributed by atoms with Gasteiger partial charge in [0.15, 0.2) is 0 Å². The van der Waals surface area contributed by atoms with E-state index in [1.54, 1.807) is 0 Å². The van der Waals surface area contributed by atoms with Crippen molar-refractivity contribution in [1.29, 1.82) is 0 Å². The SMILES string of the molecule is CC.CN1CCOC12CCCCC2. The van der Waals surface area contributed by atoms with Crippen LogP contribution in [0, 0.1) is 0 Å². The van der Waals surface area contributed by atoms with Gasteiger partial charge in [-0.2, -0.15) is 0 Å². The highest BCUT2D eigenvalue weighted by atomic mass is 16.5. The van der Waals surface area contributed by atoms with Crippen LogP contribution in [0.5, 0.6) is 0 Å². The van der Waals surface area contributed by atoms with Gasteiger partial charge in [0.1, 0.15) is 5.72 Å². The minimum Gasteiger partial charge on any atom is -0.359 e. The topological polar surface area (TPSA) is 12.5 Å². The number of hydrogen-bond donors (Lipinski definition) is 0. The van der Waals surface area contributed by atoms with Crippen molar-refractivity contribution in [2.24, 2.45) is 0 Å². The number of rotatable bonds is 0. The second-order valence-corrected chi connectivity index (χ2v) is 3.78. The molecule has 0 aromatic rings. The lowest BCUT2D eigenvalue weighted by Gasteiger charge is -2.37. The van der Waals surface area contributed by atoms with Crippen molar-refractivity contribution in [3.8, 4) is 0 Å². The van der Waals surface area contributed by atoms with Gasteiger partial charge in [-0.1, -0.05) is 20.3 Å². The summed E-state index contributed by atoms with van der Waals surface area (Å²) in [6, 6.07) is 0. The normalized spacial score (nSPS) is 27.0. The molecule has 2 fully saturated rings. The zero-order chi connectivity index (χ0) is 9.73. The van der Waals surface area contributed by atoms with E-state index in [1.165, 1.54) is 32.1 Å². The highest BCUT2D eigenvalue weighted by Gasteiger charge is 2.40.